The van der Waals surface area contributed by atoms with Gasteiger partial charge in [-0.3, -0.25) is 4.79 Å². The van der Waals surface area contributed by atoms with Crippen molar-refractivity contribution in [2.75, 3.05) is 32.9 Å². The molecule has 1 aliphatic heterocycles. The quantitative estimate of drug-likeness (QED) is 0.644. The molecule has 6 nitrogen and oxygen atoms in total. The van der Waals surface area contributed by atoms with E-state index in [4.69, 9.17) is 0 Å². The van der Waals surface area contributed by atoms with Crippen molar-refractivity contribution in [2.24, 2.45) is 0 Å². The number of carbonyl (C=O) groups is 1. The minimum absolute atomic E-state index is 0.0768. The first-order valence-electron chi connectivity index (χ1n) is 9.79. The van der Waals surface area contributed by atoms with E-state index in [1.54, 1.807) is 4.90 Å². The van der Waals surface area contributed by atoms with Gasteiger partial charge < -0.3 is 9.80 Å². The van der Waals surface area contributed by atoms with Gasteiger partial charge in [0.05, 0.1) is 5.75 Å². The number of likely N-dealkylation sites (N-methyl/N-ethyl adjacent to an activating group) is 1. The average molecular weight is 396 g/mol. The number of hydrogen-bond acceptors (Lipinski definition) is 4. The smallest absolute Gasteiger partial charge is 0.241 e. The van der Waals surface area contributed by atoms with E-state index in [9.17, 15) is 13.2 Å². The van der Waals surface area contributed by atoms with Gasteiger partial charge in [-0.25, -0.2) is 8.42 Å². The zero-order valence-electron chi connectivity index (χ0n) is 17.0. The van der Waals surface area contributed by atoms with E-state index in [1.165, 1.54) is 9.87 Å². The van der Waals surface area contributed by atoms with Crippen LogP contribution in [-0.4, -0.2) is 67.4 Å². The van der Waals surface area contributed by atoms with Crippen molar-refractivity contribution in [1.29, 1.82) is 0 Å². The Kier molecular flexibility index (Phi) is 7.82. The van der Waals surface area contributed by atoms with E-state index in [0.29, 0.717) is 32.5 Å². The van der Waals surface area contributed by atoms with Crippen LogP contribution in [0.2, 0.25) is 0 Å². The summed E-state index contributed by atoms with van der Waals surface area (Å²) in [6.45, 7) is 6.20. The summed E-state index contributed by atoms with van der Waals surface area (Å²) >= 11 is 0. The van der Waals surface area contributed by atoms with Crippen molar-refractivity contribution < 1.29 is 13.2 Å². The van der Waals surface area contributed by atoms with Gasteiger partial charge in [0.25, 0.3) is 0 Å². The molecule has 0 spiro atoms. The third kappa shape index (κ3) is 5.77. The van der Waals surface area contributed by atoms with Crippen LogP contribution in [0.15, 0.2) is 24.3 Å². The number of benzene rings is 1. The first-order chi connectivity index (χ1) is 12.8. The summed E-state index contributed by atoms with van der Waals surface area (Å²) in [4.78, 5) is 17.0. The number of hydrogen-bond donors (Lipinski definition) is 0. The maximum Gasteiger partial charge on any atom is 0.241 e. The topological polar surface area (TPSA) is 60.9 Å². The number of nitrogens with zero attached hydrogens (tertiary/aromatic N) is 3. The molecule has 152 valence electrons. The fourth-order valence-corrected chi connectivity index (χ4v) is 5.33. The Hall–Kier alpha value is -1.44. The van der Waals surface area contributed by atoms with E-state index in [-0.39, 0.29) is 11.7 Å². The Morgan fingerprint density at radius 2 is 1.70 bits per heavy atom. The van der Waals surface area contributed by atoms with Crippen LogP contribution in [-0.2, 0) is 27.9 Å². The largest absolute Gasteiger partial charge is 0.337 e. The highest BCUT2D eigenvalue weighted by Crippen LogP contribution is 2.24. The SMILES string of the molecule is CCCS(=O)(=O)N1CCCC1C(=O)N(CC)Cc1ccc(CN(C)C)cc1. The minimum atomic E-state index is -3.35. The Bertz CT molecular complexity index is 716. The van der Waals surface area contributed by atoms with Crippen molar-refractivity contribution in [2.45, 2.75) is 52.2 Å². The monoisotopic (exact) mass is 395 g/mol. The molecule has 0 saturated carbocycles. The van der Waals surface area contributed by atoms with Gasteiger partial charge in [-0.05, 0) is 51.4 Å². The lowest BCUT2D eigenvalue weighted by Gasteiger charge is -2.29. The second kappa shape index (κ2) is 9.66. The van der Waals surface area contributed by atoms with Gasteiger partial charge in [-0.1, -0.05) is 31.2 Å². The molecule has 0 radical (unpaired) electrons. The summed E-state index contributed by atoms with van der Waals surface area (Å²) in [7, 11) is 0.711. The highest BCUT2D eigenvalue weighted by Gasteiger charge is 2.39. The van der Waals surface area contributed by atoms with E-state index in [0.717, 1.165) is 18.5 Å². The zero-order valence-corrected chi connectivity index (χ0v) is 17.8. The molecule has 0 bridgehead atoms. The first kappa shape index (κ1) is 21.9. The molecule has 1 aromatic rings. The van der Waals surface area contributed by atoms with E-state index in [1.807, 2.05) is 27.9 Å². The van der Waals surface area contributed by atoms with Gasteiger partial charge in [0, 0.05) is 26.2 Å². The molecule has 1 amide bonds. The number of carbonyl (C=O) groups excluding carboxylic acids is 1. The predicted octanol–water partition coefficient (Wildman–Crippen LogP) is 2.30. The van der Waals surface area contributed by atoms with Crippen LogP contribution in [0, 0.1) is 0 Å². The number of rotatable bonds is 9. The third-order valence-electron chi connectivity index (χ3n) is 4.90. The molecule has 1 saturated heterocycles. The Labute approximate surface area is 164 Å². The van der Waals surface area contributed by atoms with Crippen LogP contribution in [0.25, 0.3) is 0 Å². The lowest BCUT2D eigenvalue weighted by atomic mass is 10.1. The van der Waals surface area contributed by atoms with Crippen molar-refractivity contribution >= 4 is 15.9 Å². The summed E-state index contributed by atoms with van der Waals surface area (Å²) in [5.41, 5.74) is 2.29. The molecule has 0 aromatic heterocycles. The molecular formula is C20H33N3O3S. The summed E-state index contributed by atoms with van der Waals surface area (Å²) in [6, 6.07) is 7.72. The van der Waals surface area contributed by atoms with Gasteiger partial charge in [0.2, 0.25) is 15.9 Å². The zero-order chi connectivity index (χ0) is 20.0. The van der Waals surface area contributed by atoms with Crippen molar-refractivity contribution in [3.8, 4) is 0 Å². The van der Waals surface area contributed by atoms with E-state index < -0.39 is 16.1 Å². The summed E-state index contributed by atoms with van der Waals surface area (Å²) in [5.74, 6) is 0.0306. The Morgan fingerprint density at radius 3 is 2.22 bits per heavy atom. The van der Waals surface area contributed by atoms with Gasteiger partial charge in [0.15, 0.2) is 0 Å². The molecule has 7 heteroatoms. The first-order valence-corrected chi connectivity index (χ1v) is 11.4. The molecule has 1 aromatic carbocycles. The van der Waals surface area contributed by atoms with Gasteiger partial charge >= 0.3 is 0 Å². The second-order valence-electron chi connectivity index (χ2n) is 7.49. The summed E-state index contributed by atoms with van der Waals surface area (Å²) in [5, 5.41) is 0. The number of sulfonamides is 1. The maximum atomic E-state index is 13.1. The fraction of sp³-hybridized carbons (Fsp3) is 0.650. The van der Waals surface area contributed by atoms with Gasteiger partial charge in [-0.15, -0.1) is 0 Å². The molecule has 1 heterocycles. The molecule has 0 N–H and O–H groups in total. The third-order valence-corrected chi connectivity index (χ3v) is 6.97. The molecular weight excluding hydrogens is 362 g/mol. The van der Waals surface area contributed by atoms with Gasteiger partial charge in [-0.2, -0.15) is 4.31 Å². The van der Waals surface area contributed by atoms with Crippen LogP contribution in [0.4, 0.5) is 0 Å². The Morgan fingerprint density at radius 1 is 1.11 bits per heavy atom. The van der Waals surface area contributed by atoms with E-state index in [2.05, 4.69) is 29.2 Å². The summed E-state index contributed by atoms with van der Waals surface area (Å²) in [6.07, 6.45) is 1.92. The van der Waals surface area contributed by atoms with Crippen molar-refractivity contribution in [3.05, 3.63) is 35.4 Å². The minimum Gasteiger partial charge on any atom is -0.337 e. The normalized spacial score (nSPS) is 18.2. The number of amides is 1. The maximum absolute atomic E-state index is 13.1. The van der Waals surface area contributed by atoms with Crippen LogP contribution >= 0.6 is 0 Å². The highest BCUT2D eigenvalue weighted by atomic mass is 32.2. The molecule has 27 heavy (non-hydrogen) atoms. The lowest BCUT2D eigenvalue weighted by molar-refractivity contribution is -0.135. The van der Waals surface area contributed by atoms with Crippen molar-refractivity contribution in [3.63, 3.8) is 0 Å². The van der Waals surface area contributed by atoms with E-state index >= 15 is 0 Å². The van der Waals surface area contributed by atoms with Crippen LogP contribution in [0.5, 0.6) is 0 Å². The van der Waals surface area contributed by atoms with Crippen LogP contribution in [0.3, 0.4) is 0 Å². The highest BCUT2D eigenvalue weighted by molar-refractivity contribution is 7.89. The molecule has 0 aliphatic carbocycles. The molecule has 1 aliphatic rings. The molecule has 1 unspecified atom stereocenters. The predicted molar refractivity (Wildman–Crippen MR) is 109 cm³/mol. The lowest BCUT2D eigenvalue weighted by Crippen LogP contribution is -2.48. The summed E-state index contributed by atoms with van der Waals surface area (Å²) < 4.78 is 26.4. The second-order valence-corrected chi connectivity index (χ2v) is 9.53. The van der Waals surface area contributed by atoms with Gasteiger partial charge in [0.1, 0.15) is 6.04 Å². The van der Waals surface area contributed by atoms with Crippen LogP contribution in [0.1, 0.15) is 44.2 Å². The Balaban J connectivity index is 2.08. The molecule has 1 atom stereocenters. The van der Waals surface area contributed by atoms with Crippen molar-refractivity contribution in [1.82, 2.24) is 14.1 Å². The van der Waals surface area contributed by atoms with Crippen LogP contribution < -0.4 is 0 Å². The average Bonchev–Trinajstić information content (AvgIpc) is 3.11. The fourth-order valence-electron chi connectivity index (χ4n) is 3.59. The molecule has 2 rings (SSSR count). The standard InChI is InChI=1S/C20H33N3O3S/c1-5-14-27(25,26)23-13-7-8-19(23)20(24)22(6-2)16-18-11-9-17(10-12-18)15-21(3)4/h9-12,19H,5-8,13-16H2,1-4H3. The molecule has 1 fully saturated rings.